The van der Waals surface area contributed by atoms with Gasteiger partial charge in [0.2, 0.25) is 0 Å². The second-order valence-corrected chi connectivity index (χ2v) is 7.08. The normalized spacial score (nSPS) is 14.9. The van der Waals surface area contributed by atoms with E-state index >= 15 is 0 Å². The largest absolute Gasteiger partial charge is 0.0619 e. The van der Waals surface area contributed by atoms with Crippen LogP contribution in [-0.4, -0.2) is 0 Å². The molecule has 0 nitrogen and oxygen atoms in total. The van der Waals surface area contributed by atoms with Crippen molar-refractivity contribution >= 4 is 21.5 Å². The van der Waals surface area contributed by atoms with E-state index in [1.807, 2.05) is 0 Å². The highest BCUT2D eigenvalue weighted by molar-refractivity contribution is 6.09. The second-order valence-electron chi connectivity index (χ2n) is 7.08. The molecule has 0 aromatic heterocycles. The summed E-state index contributed by atoms with van der Waals surface area (Å²) in [5.74, 6) is 0. The van der Waals surface area contributed by atoms with Gasteiger partial charge >= 0.3 is 0 Å². The molecule has 0 unspecified atom stereocenters. The molecule has 4 aromatic rings. The molecule has 0 bridgehead atoms. The molecule has 1 aliphatic rings. The molecule has 0 saturated carbocycles. The second kappa shape index (κ2) is 4.23. The number of fused-ring (bicyclic) bond motifs is 6. The summed E-state index contributed by atoms with van der Waals surface area (Å²) >= 11 is 0. The van der Waals surface area contributed by atoms with Gasteiger partial charge in [0.25, 0.3) is 0 Å². The zero-order chi connectivity index (χ0) is 15.6. The molecule has 0 fully saturated rings. The summed E-state index contributed by atoms with van der Waals surface area (Å²) in [4.78, 5) is 0. The molecular weight excluding hydrogens is 276 g/mol. The number of benzene rings is 4. The molecule has 5 rings (SSSR count). The maximum Gasteiger partial charge on any atom is 0.0159 e. The van der Waals surface area contributed by atoms with Crippen LogP contribution in [0.25, 0.3) is 32.7 Å². The lowest BCUT2D eigenvalue weighted by molar-refractivity contribution is 0.661. The molecule has 0 spiro atoms. The van der Waals surface area contributed by atoms with Gasteiger partial charge in [-0.05, 0) is 55.9 Å². The average molecular weight is 294 g/mol. The Morgan fingerprint density at radius 3 is 2.22 bits per heavy atom. The van der Waals surface area contributed by atoms with E-state index in [1.54, 1.807) is 0 Å². The SMILES string of the molecule is CC1(C)c2ccccc2-c2cc3c(ccc4ccccc43)cc21. The van der Waals surface area contributed by atoms with Crippen LogP contribution in [0.5, 0.6) is 0 Å². The van der Waals surface area contributed by atoms with Gasteiger partial charge in [0, 0.05) is 5.41 Å². The highest BCUT2D eigenvalue weighted by atomic mass is 14.4. The van der Waals surface area contributed by atoms with E-state index in [9.17, 15) is 0 Å². The van der Waals surface area contributed by atoms with Gasteiger partial charge in [-0.1, -0.05) is 74.5 Å². The van der Waals surface area contributed by atoms with Gasteiger partial charge in [0.15, 0.2) is 0 Å². The van der Waals surface area contributed by atoms with E-state index in [0.717, 1.165) is 0 Å². The first-order valence-electron chi connectivity index (χ1n) is 8.22. The summed E-state index contributed by atoms with van der Waals surface area (Å²) in [5, 5.41) is 5.35. The zero-order valence-electron chi connectivity index (χ0n) is 13.4. The predicted molar refractivity (Wildman–Crippen MR) is 99.0 cm³/mol. The molecule has 0 saturated heterocycles. The van der Waals surface area contributed by atoms with Crippen LogP contribution < -0.4 is 0 Å². The molecule has 23 heavy (non-hydrogen) atoms. The molecule has 0 radical (unpaired) electrons. The highest BCUT2D eigenvalue weighted by Gasteiger charge is 2.35. The molecular formula is C23H18. The minimum Gasteiger partial charge on any atom is -0.0619 e. The van der Waals surface area contributed by atoms with Crippen LogP contribution in [0.4, 0.5) is 0 Å². The van der Waals surface area contributed by atoms with Crippen molar-refractivity contribution in [2.24, 2.45) is 0 Å². The summed E-state index contributed by atoms with van der Waals surface area (Å²) in [7, 11) is 0. The van der Waals surface area contributed by atoms with E-state index in [1.165, 1.54) is 43.8 Å². The van der Waals surface area contributed by atoms with Gasteiger partial charge in [-0.3, -0.25) is 0 Å². The maximum absolute atomic E-state index is 2.40. The van der Waals surface area contributed by atoms with Crippen LogP contribution in [0.15, 0.2) is 72.8 Å². The molecule has 110 valence electrons. The minimum atomic E-state index is 0.0752. The summed E-state index contributed by atoms with van der Waals surface area (Å²) < 4.78 is 0. The van der Waals surface area contributed by atoms with Crippen molar-refractivity contribution in [2.45, 2.75) is 19.3 Å². The van der Waals surface area contributed by atoms with Crippen molar-refractivity contribution < 1.29 is 0 Å². The van der Waals surface area contributed by atoms with Crippen LogP contribution in [0.3, 0.4) is 0 Å². The lowest BCUT2D eigenvalue weighted by Gasteiger charge is -2.21. The molecule has 1 aliphatic carbocycles. The molecule has 0 heteroatoms. The van der Waals surface area contributed by atoms with Gasteiger partial charge in [-0.15, -0.1) is 0 Å². The minimum absolute atomic E-state index is 0.0752. The van der Waals surface area contributed by atoms with E-state index in [-0.39, 0.29) is 5.41 Å². The average Bonchev–Trinajstić information content (AvgIpc) is 2.81. The van der Waals surface area contributed by atoms with E-state index in [2.05, 4.69) is 86.6 Å². The van der Waals surface area contributed by atoms with Crippen LogP contribution in [0.1, 0.15) is 25.0 Å². The Morgan fingerprint density at radius 1 is 0.565 bits per heavy atom. The Kier molecular flexibility index (Phi) is 2.37. The Balaban J connectivity index is 1.96. The lowest BCUT2D eigenvalue weighted by atomic mass is 9.82. The van der Waals surface area contributed by atoms with Gasteiger partial charge < -0.3 is 0 Å². The molecule has 0 atom stereocenters. The number of hydrogen-bond acceptors (Lipinski definition) is 0. The quantitative estimate of drug-likeness (QED) is 0.334. The maximum atomic E-state index is 2.40. The molecule has 0 amide bonds. The van der Waals surface area contributed by atoms with E-state index in [4.69, 9.17) is 0 Å². The molecule has 0 heterocycles. The van der Waals surface area contributed by atoms with Crippen molar-refractivity contribution in [2.75, 3.05) is 0 Å². The summed E-state index contributed by atoms with van der Waals surface area (Å²) in [6, 6.07) is 26.8. The fourth-order valence-corrected chi connectivity index (χ4v) is 4.20. The summed E-state index contributed by atoms with van der Waals surface area (Å²) in [6.07, 6.45) is 0. The summed E-state index contributed by atoms with van der Waals surface area (Å²) in [6.45, 7) is 4.68. The first-order valence-corrected chi connectivity index (χ1v) is 8.22. The molecule has 4 aromatic carbocycles. The zero-order valence-corrected chi connectivity index (χ0v) is 13.4. The Bertz CT molecular complexity index is 1080. The third-order valence-electron chi connectivity index (χ3n) is 5.45. The first kappa shape index (κ1) is 12.9. The Labute approximate surface area is 136 Å². The van der Waals surface area contributed by atoms with E-state index in [0.29, 0.717) is 0 Å². The van der Waals surface area contributed by atoms with Crippen molar-refractivity contribution in [3.05, 3.63) is 83.9 Å². The van der Waals surface area contributed by atoms with Gasteiger partial charge in [0.05, 0.1) is 0 Å². The Hall–Kier alpha value is -2.60. The standard InChI is InChI=1S/C23H18/c1-23(2)21-10-6-5-9-18(21)20-14-19-16(13-22(20)23)12-11-15-7-3-4-8-17(15)19/h3-14H,1-2H3. The fourth-order valence-electron chi connectivity index (χ4n) is 4.20. The molecule has 0 N–H and O–H groups in total. The highest BCUT2D eigenvalue weighted by Crippen LogP contribution is 2.50. The van der Waals surface area contributed by atoms with Crippen molar-refractivity contribution in [1.29, 1.82) is 0 Å². The van der Waals surface area contributed by atoms with Gasteiger partial charge in [0.1, 0.15) is 0 Å². The number of rotatable bonds is 0. The third-order valence-corrected chi connectivity index (χ3v) is 5.45. The van der Waals surface area contributed by atoms with Crippen LogP contribution in [-0.2, 0) is 5.41 Å². The predicted octanol–water partition coefficient (Wildman–Crippen LogP) is 6.30. The van der Waals surface area contributed by atoms with Crippen LogP contribution in [0.2, 0.25) is 0 Å². The van der Waals surface area contributed by atoms with Crippen molar-refractivity contribution in [1.82, 2.24) is 0 Å². The number of hydrogen-bond donors (Lipinski definition) is 0. The van der Waals surface area contributed by atoms with Crippen LogP contribution in [0, 0.1) is 0 Å². The van der Waals surface area contributed by atoms with Crippen LogP contribution >= 0.6 is 0 Å². The monoisotopic (exact) mass is 294 g/mol. The van der Waals surface area contributed by atoms with Gasteiger partial charge in [-0.2, -0.15) is 0 Å². The van der Waals surface area contributed by atoms with Gasteiger partial charge in [-0.25, -0.2) is 0 Å². The van der Waals surface area contributed by atoms with Crippen molar-refractivity contribution in [3.8, 4) is 11.1 Å². The lowest BCUT2D eigenvalue weighted by Crippen LogP contribution is -2.14. The topological polar surface area (TPSA) is 0 Å². The molecule has 0 aliphatic heterocycles. The van der Waals surface area contributed by atoms with E-state index < -0.39 is 0 Å². The smallest absolute Gasteiger partial charge is 0.0159 e. The first-order chi connectivity index (χ1) is 11.2. The fraction of sp³-hybridized carbons (Fsp3) is 0.130. The third kappa shape index (κ3) is 1.61. The summed E-state index contributed by atoms with van der Waals surface area (Å²) in [5.41, 5.74) is 5.75. The van der Waals surface area contributed by atoms with Crippen molar-refractivity contribution in [3.63, 3.8) is 0 Å². The Morgan fingerprint density at radius 2 is 1.30 bits per heavy atom.